The van der Waals surface area contributed by atoms with Crippen molar-refractivity contribution in [3.63, 3.8) is 0 Å². The van der Waals surface area contributed by atoms with Gasteiger partial charge < -0.3 is 20.5 Å². The van der Waals surface area contributed by atoms with Gasteiger partial charge in [0.25, 0.3) is 11.8 Å². The molecular formula is C23H26ClF2N5O3. The Bertz CT molecular complexity index is 1130. The summed E-state index contributed by atoms with van der Waals surface area (Å²) in [6.45, 7) is 3.99. The van der Waals surface area contributed by atoms with E-state index in [0.29, 0.717) is 38.6 Å². The molecule has 1 saturated carbocycles. The number of nitrogens with one attached hydrogen (secondary N) is 3. The Kier molecular flexibility index (Phi) is 6.62. The highest BCUT2D eigenvalue weighted by atomic mass is 35.5. The average Bonchev–Trinajstić information content (AvgIpc) is 3.38. The van der Waals surface area contributed by atoms with E-state index in [4.69, 9.17) is 11.6 Å². The van der Waals surface area contributed by atoms with Gasteiger partial charge in [0.2, 0.25) is 5.91 Å². The molecule has 34 heavy (non-hydrogen) atoms. The highest BCUT2D eigenvalue weighted by molar-refractivity contribution is 6.34. The maximum Gasteiger partial charge on any atom is 0.272 e. The summed E-state index contributed by atoms with van der Waals surface area (Å²) < 4.78 is 27.2. The monoisotopic (exact) mass is 493 g/mol. The maximum absolute atomic E-state index is 13.8. The number of imidazole rings is 1. The summed E-state index contributed by atoms with van der Waals surface area (Å²) in [6, 6.07) is 1.57. The second kappa shape index (κ2) is 9.32. The molecule has 11 heteroatoms. The smallest absolute Gasteiger partial charge is 0.272 e. The average molecular weight is 494 g/mol. The van der Waals surface area contributed by atoms with Crippen LogP contribution in [0.5, 0.6) is 0 Å². The van der Waals surface area contributed by atoms with Crippen LogP contribution in [0.1, 0.15) is 66.9 Å². The molecular weight excluding hydrogens is 468 g/mol. The van der Waals surface area contributed by atoms with Crippen LogP contribution in [-0.2, 0) is 4.79 Å². The third-order valence-electron chi connectivity index (χ3n) is 6.57. The van der Waals surface area contributed by atoms with Gasteiger partial charge in [-0.2, -0.15) is 0 Å². The third kappa shape index (κ3) is 4.51. The van der Waals surface area contributed by atoms with E-state index in [1.54, 1.807) is 0 Å². The van der Waals surface area contributed by atoms with Crippen molar-refractivity contribution in [3.8, 4) is 0 Å². The molecule has 0 bridgehead atoms. The fraction of sp³-hybridized carbons (Fsp3) is 0.478. The van der Waals surface area contributed by atoms with Crippen molar-refractivity contribution in [2.75, 3.05) is 11.4 Å². The third-order valence-corrected chi connectivity index (χ3v) is 6.88. The van der Waals surface area contributed by atoms with Crippen LogP contribution < -0.4 is 15.5 Å². The summed E-state index contributed by atoms with van der Waals surface area (Å²) in [5.41, 5.74) is -0.325. The van der Waals surface area contributed by atoms with Crippen LogP contribution in [-0.4, -0.2) is 46.3 Å². The topological polar surface area (TPSA) is 107 Å². The van der Waals surface area contributed by atoms with E-state index in [0.717, 1.165) is 12.1 Å². The molecule has 1 aliphatic heterocycles. The summed E-state index contributed by atoms with van der Waals surface area (Å²) in [6.07, 6.45) is 4.09. The van der Waals surface area contributed by atoms with Crippen molar-refractivity contribution in [2.45, 2.75) is 58.0 Å². The first-order valence-corrected chi connectivity index (χ1v) is 11.6. The minimum absolute atomic E-state index is 0.0119. The number of carbonyl (C=O) groups excluding carboxylic acids is 3. The maximum atomic E-state index is 13.8. The van der Waals surface area contributed by atoms with E-state index in [2.05, 4.69) is 20.6 Å². The van der Waals surface area contributed by atoms with Crippen LogP contribution in [0.3, 0.4) is 0 Å². The standard InChI is InChI=1S/C23H26ClF2N5O3/c1-12(2)29-20(32)18-19(28-11-27-18)21(33)30-13-3-5-23(6-4-13)7-8-31(22(23)34)17-10-16(26)15(25)9-14(17)24/h9-13H,3-8H2,1-2H3,(H,27,28)(H,29,32)(H,30,33)/t13-,23-. The van der Waals surface area contributed by atoms with Gasteiger partial charge in [-0.1, -0.05) is 11.6 Å². The van der Waals surface area contributed by atoms with Gasteiger partial charge in [0.1, 0.15) is 5.69 Å². The molecule has 1 saturated heterocycles. The lowest BCUT2D eigenvalue weighted by Crippen LogP contribution is -2.44. The lowest BCUT2D eigenvalue weighted by atomic mass is 9.71. The number of nitrogens with zero attached hydrogens (tertiary/aromatic N) is 2. The molecule has 2 aromatic rings. The van der Waals surface area contributed by atoms with Gasteiger partial charge in [0.05, 0.1) is 22.5 Å². The molecule has 3 N–H and O–H groups in total. The number of amides is 3. The van der Waals surface area contributed by atoms with Gasteiger partial charge in [-0.05, 0) is 52.0 Å². The van der Waals surface area contributed by atoms with Crippen LogP contribution >= 0.6 is 11.6 Å². The highest BCUT2D eigenvalue weighted by Gasteiger charge is 2.49. The Labute approximate surface area is 200 Å². The molecule has 1 spiro atoms. The quantitative estimate of drug-likeness (QED) is 0.553. The number of aromatic nitrogens is 2. The van der Waals surface area contributed by atoms with Crippen molar-refractivity contribution in [1.29, 1.82) is 0 Å². The molecule has 0 radical (unpaired) electrons. The number of hydrogen-bond donors (Lipinski definition) is 3. The number of aromatic amines is 1. The van der Waals surface area contributed by atoms with Gasteiger partial charge in [-0.15, -0.1) is 0 Å². The minimum atomic E-state index is -1.06. The molecule has 2 aliphatic rings. The fourth-order valence-corrected chi connectivity index (χ4v) is 5.03. The zero-order chi connectivity index (χ0) is 24.6. The zero-order valence-electron chi connectivity index (χ0n) is 18.9. The van der Waals surface area contributed by atoms with Crippen LogP contribution in [0, 0.1) is 17.0 Å². The second-order valence-corrected chi connectivity index (χ2v) is 9.61. The van der Waals surface area contributed by atoms with E-state index in [-0.39, 0.29) is 40.1 Å². The summed E-state index contributed by atoms with van der Waals surface area (Å²) in [7, 11) is 0. The van der Waals surface area contributed by atoms with Crippen molar-refractivity contribution < 1.29 is 23.2 Å². The number of hydrogen-bond acceptors (Lipinski definition) is 4. The number of halogens is 3. The molecule has 8 nitrogen and oxygen atoms in total. The van der Waals surface area contributed by atoms with E-state index in [1.165, 1.54) is 11.2 Å². The number of carbonyl (C=O) groups is 3. The van der Waals surface area contributed by atoms with Crippen molar-refractivity contribution in [2.24, 2.45) is 5.41 Å². The molecule has 4 rings (SSSR count). The Morgan fingerprint density at radius 2 is 1.85 bits per heavy atom. The summed E-state index contributed by atoms with van der Waals surface area (Å²) in [4.78, 5) is 46.4. The van der Waals surface area contributed by atoms with Gasteiger partial charge in [0.15, 0.2) is 17.3 Å². The molecule has 1 aromatic carbocycles. The van der Waals surface area contributed by atoms with E-state index >= 15 is 0 Å². The molecule has 2 heterocycles. The van der Waals surface area contributed by atoms with Crippen LogP contribution in [0.15, 0.2) is 18.5 Å². The first-order chi connectivity index (χ1) is 16.1. The number of H-pyrrole nitrogens is 1. The van der Waals surface area contributed by atoms with Crippen LogP contribution in [0.25, 0.3) is 0 Å². The van der Waals surface area contributed by atoms with Crippen molar-refractivity contribution in [1.82, 2.24) is 20.6 Å². The van der Waals surface area contributed by atoms with Crippen molar-refractivity contribution >= 4 is 35.0 Å². The van der Waals surface area contributed by atoms with Gasteiger partial charge in [0, 0.05) is 24.7 Å². The van der Waals surface area contributed by atoms with E-state index in [1.807, 2.05) is 13.8 Å². The first kappa shape index (κ1) is 24.1. The predicted molar refractivity (Wildman–Crippen MR) is 122 cm³/mol. The lowest BCUT2D eigenvalue weighted by molar-refractivity contribution is -0.127. The molecule has 2 fully saturated rings. The van der Waals surface area contributed by atoms with Crippen LogP contribution in [0.2, 0.25) is 5.02 Å². The Morgan fingerprint density at radius 3 is 2.53 bits per heavy atom. The van der Waals surface area contributed by atoms with Gasteiger partial charge in [-0.25, -0.2) is 13.8 Å². The lowest BCUT2D eigenvalue weighted by Gasteiger charge is -2.36. The zero-order valence-corrected chi connectivity index (χ0v) is 19.6. The Hall–Kier alpha value is -3.01. The van der Waals surface area contributed by atoms with Crippen molar-refractivity contribution in [3.05, 3.63) is 46.5 Å². The van der Waals surface area contributed by atoms with E-state index < -0.39 is 28.9 Å². The SMILES string of the molecule is CC(C)NC(=O)c1nc[nH]c1C(=O)N[C@H]1CC[C@@]2(CCN(c3cc(F)c(F)cc3Cl)C2=O)CC1. The number of rotatable bonds is 5. The second-order valence-electron chi connectivity index (χ2n) is 9.21. The molecule has 0 atom stereocenters. The Morgan fingerprint density at radius 1 is 1.18 bits per heavy atom. The summed E-state index contributed by atoms with van der Waals surface area (Å²) in [5, 5.41) is 5.63. The predicted octanol–water partition coefficient (Wildman–Crippen LogP) is 3.58. The first-order valence-electron chi connectivity index (χ1n) is 11.2. The normalized spacial score (nSPS) is 22.5. The van der Waals surface area contributed by atoms with Gasteiger partial charge in [-0.3, -0.25) is 14.4 Å². The summed E-state index contributed by atoms with van der Waals surface area (Å²) >= 11 is 6.08. The highest BCUT2D eigenvalue weighted by Crippen LogP contribution is 2.47. The molecule has 1 aromatic heterocycles. The molecule has 1 aliphatic carbocycles. The van der Waals surface area contributed by atoms with E-state index in [9.17, 15) is 23.2 Å². The minimum Gasteiger partial charge on any atom is -0.348 e. The summed E-state index contributed by atoms with van der Waals surface area (Å²) in [5.74, 6) is -3.14. The number of benzene rings is 1. The molecule has 0 unspecified atom stereocenters. The number of anilines is 1. The molecule has 3 amide bonds. The Balaban J connectivity index is 1.39. The fourth-order valence-electron chi connectivity index (χ4n) is 4.78. The molecule has 182 valence electrons. The van der Waals surface area contributed by atoms with Gasteiger partial charge >= 0.3 is 0 Å². The largest absolute Gasteiger partial charge is 0.348 e. The van der Waals surface area contributed by atoms with Crippen LogP contribution in [0.4, 0.5) is 14.5 Å².